The van der Waals surface area contributed by atoms with E-state index >= 15 is 0 Å². The maximum absolute atomic E-state index is 12.4. The summed E-state index contributed by atoms with van der Waals surface area (Å²) >= 11 is 3.46. The first kappa shape index (κ1) is 19.9. The molecule has 0 saturated heterocycles. The molecule has 4 nitrogen and oxygen atoms in total. The van der Waals surface area contributed by atoms with Gasteiger partial charge in [0.25, 0.3) is 5.91 Å². The second-order valence-electron chi connectivity index (χ2n) is 6.81. The zero-order valence-corrected chi connectivity index (χ0v) is 17.5. The van der Waals surface area contributed by atoms with Gasteiger partial charge < -0.3 is 9.88 Å². The van der Waals surface area contributed by atoms with Crippen molar-refractivity contribution in [1.82, 2.24) is 9.88 Å². The van der Waals surface area contributed by atoms with Crippen LogP contribution in [0.3, 0.4) is 0 Å². The Kier molecular flexibility index (Phi) is 6.33. The summed E-state index contributed by atoms with van der Waals surface area (Å²) in [6, 6.07) is 18.3. The van der Waals surface area contributed by atoms with E-state index in [-0.39, 0.29) is 17.5 Å². The Morgan fingerprint density at radius 1 is 1.25 bits per heavy atom. The zero-order chi connectivity index (χ0) is 20.1. The van der Waals surface area contributed by atoms with Crippen LogP contribution in [-0.2, 0) is 11.3 Å². The van der Waals surface area contributed by atoms with Gasteiger partial charge in [0.15, 0.2) is 0 Å². The third-order valence-electron chi connectivity index (χ3n) is 4.74. The topological polar surface area (TPSA) is 57.8 Å². The lowest BCUT2D eigenvalue weighted by Crippen LogP contribution is -2.32. The van der Waals surface area contributed by atoms with Crippen molar-refractivity contribution in [3.63, 3.8) is 0 Å². The number of benzene rings is 2. The van der Waals surface area contributed by atoms with E-state index in [1.807, 2.05) is 56.4 Å². The van der Waals surface area contributed by atoms with E-state index in [1.165, 1.54) is 5.56 Å². The molecule has 0 bridgehead atoms. The minimum absolute atomic E-state index is 0.0306. The smallest absolute Gasteiger partial charge is 0.262 e. The summed E-state index contributed by atoms with van der Waals surface area (Å²) in [5, 5.41) is 13.4. The first-order valence-corrected chi connectivity index (χ1v) is 10.1. The lowest BCUT2D eigenvalue weighted by molar-refractivity contribution is -0.117. The molecule has 1 atom stereocenters. The number of carbonyl (C=O) groups excluding carboxylic acids is 1. The second-order valence-corrected chi connectivity index (χ2v) is 7.72. The summed E-state index contributed by atoms with van der Waals surface area (Å²) in [7, 11) is 0. The summed E-state index contributed by atoms with van der Waals surface area (Å²) in [4.78, 5) is 12.4. The number of nitrogens with one attached hydrogen (secondary N) is 1. The van der Waals surface area contributed by atoms with Crippen LogP contribution in [0.25, 0.3) is 17.0 Å². The van der Waals surface area contributed by atoms with Crippen molar-refractivity contribution in [1.29, 1.82) is 5.26 Å². The molecular weight excluding hydrogens is 414 g/mol. The van der Waals surface area contributed by atoms with Crippen molar-refractivity contribution >= 4 is 38.8 Å². The van der Waals surface area contributed by atoms with Crippen molar-refractivity contribution in [2.45, 2.75) is 32.9 Å². The van der Waals surface area contributed by atoms with Gasteiger partial charge in [-0.15, -0.1) is 0 Å². The van der Waals surface area contributed by atoms with E-state index in [0.717, 1.165) is 27.4 Å². The molecule has 0 fully saturated rings. The Bertz CT molecular complexity index is 1060. The lowest BCUT2D eigenvalue weighted by atomic mass is 10.1. The Hall–Kier alpha value is -2.84. The van der Waals surface area contributed by atoms with Gasteiger partial charge in [-0.25, -0.2) is 0 Å². The minimum Gasteiger partial charge on any atom is -0.349 e. The average Bonchev–Trinajstić information content (AvgIpc) is 3.05. The van der Waals surface area contributed by atoms with Crippen molar-refractivity contribution in [3.8, 4) is 6.07 Å². The first-order valence-electron chi connectivity index (χ1n) is 9.26. The highest BCUT2D eigenvalue weighted by Gasteiger charge is 2.14. The lowest BCUT2D eigenvalue weighted by Gasteiger charge is -2.10. The SMILES string of the molecule is CC[C@@H](C)NC(=O)/C(C#N)=C/c1cn(Cc2ccc(Br)cc2)c2ccccc12. The number of carbonyl (C=O) groups is 1. The van der Waals surface area contributed by atoms with Crippen LogP contribution in [0.1, 0.15) is 31.4 Å². The van der Waals surface area contributed by atoms with Crippen molar-refractivity contribution in [3.05, 3.63) is 75.9 Å². The summed E-state index contributed by atoms with van der Waals surface area (Å²) in [6.07, 6.45) is 4.50. The van der Waals surface area contributed by atoms with Crippen LogP contribution in [0.4, 0.5) is 0 Å². The Labute approximate surface area is 173 Å². The maximum Gasteiger partial charge on any atom is 0.262 e. The number of para-hydroxylation sites is 1. The molecule has 5 heteroatoms. The van der Waals surface area contributed by atoms with Gasteiger partial charge in [0.05, 0.1) is 0 Å². The number of rotatable bonds is 6. The average molecular weight is 436 g/mol. The highest BCUT2D eigenvalue weighted by atomic mass is 79.9. The van der Waals surface area contributed by atoms with Crippen LogP contribution >= 0.6 is 15.9 Å². The largest absolute Gasteiger partial charge is 0.349 e. The zero-order valence-electron chi connectivity index (χ0n) is 15.9. The van der Waals surface area contributed by atoms with Gasteiger partial charge in [0.2, 0.25) is 0 Å². The molecule has 0 saturated carbocycles. The highest BCUT2D eigenvalue weighted by molar-refractivity contribution is 9.10. The molecule has 0 aliphatic rings. The number of nitriles is 1. The molecule has 0 spiro atoms. The summed E-state index contributed by atoms with van der Waals surface area (Å²) in [5.41, 5.74) is 3.22. The quantitative estimate of drug-likeness (QED) is 0.423. The molecule has 142 valence electrons. The third-order valence-corrected chi connectivity index (χ3v) is 5.27. The summed E-state index contributed by atoms with van der Waals surface area (Å²) < 4.78 is 3.19. The molecule has 0 aliphatic carbocycles. The molecule has 0 radical (unpaired) electrons. The molecule has 2 aromatic carbocycles. The predicted octanol–water partition coefficient (Wildman–Crippen LogP) is 5.27. The van der Waals surface area contributed by atoms with Crippen LogP contribution in [0.15, 0.2) is 64.8 Å². The van der Waals surface area contributed by atoms with Crippen LogP contribution < -0.4 is 5.32 Å². The molecule has 3 aromatic rings. The number of hydrogen-bond acceptors (Lipinski definition) is 2. The van der Waals surface area contributed by atoms with Gasteiger partial charge in [-0.1, -0.05) is 53.2 Å². The fourth-order valence-corrected chi connectivity index (χ4v) is 3.28. The van der Waals surface area contributed by atoms with E-state index in [2.05, 4.69) is 44.0 Å². The number of amides is 1. The molecule has 1 amide bonds. The van der Waals surface area contributed by atoms with E-state index in [1.54, 1.807) is 6.08 Å². The van der Waals surface area contributed by atoms with Crippen LogP contribution in [0.2, 0.25) is 0 Å². The Balaban J connectivity index is 1.98. The second kappa shape index (κ2) is 8.90. The van der Waals surface area contributed by atoms with Crippen molar-refractivity contribution < 1.29 is 4.79 Å². The standard InChI is InChI=1S/C23H22BrN3O/c1-3-16(2)26-23(28)18(13-25)12-19-15-27(22-7-5-4-6-21(19)22)14-17-8-10-20(24)11-9-17/h4-12,15-16H,3,14H2,1-2H3,(H,26,28)/b18-12+/t16-/m1/s1. The van der Waals surface area contributed by atoms with Crippen LogP contribution in [-0.4, -0.2) is 16.5 Å². The van der Waals surface area contributed by atoms with E-state index in [9.17, 15) is 10.1 Å². The molecule has 1 aromatic heterocycles. The normalized spacial score (nSPS) is 12.6. The van der Waals surface area contributed by atoms with Gasteiger partial charge in [-0.2, -0.15) is 5.26 Å². The monoisotopic (exact) mass is 435 g/mol. The predicted molar refractivity (Wildman–Crippen MR) is 117 cm³/mol. The first-order chi connectivity index (χ1) is 13.5. The van der Waals surface area contributed by atoms with Crippen molar-refractivity contribution in [2.24, 2.45) is 0 Å². The molecule has 0 unspecified atom stereocenters. The van der Waals surface area contributed by atoms with E-state index in [0.29, 0.717) is 6.54 Å². The fourth-order valence-electron chi connectivity index (χ4n) is 3.02. The van der Waals surface area contributed by atoms with E-state index in [4.69, 9.17) is 0 Å². The number of nitrogens with zero attached hydrogens (tertiary/aromatic N) is 2. The summed E-state index contributed by atoms with van der Waals surface area (Å²) in [5.74, 6) is -0.332. The maximum atomic E-state index is 12.4. The van der Waals surface area contributed by atoms with Crippen molar-refractivity contribution in [2.75, 3.05) is 0 Å². The molecular formula is C23H22BrN3O. The molecule has 28 heavy (non-hydrogen) atoms. The highest BCUT2D eigenvalue weighted by Crippen LogP contribution is 2.25. The van der Waals surface area contributed by atoms with Gasteiger partial charge >= 0.3 is 0 Å². The van der Waals surface area contributed by atoms with E-state index < -0.39 is 0 Å². The van der Waals surface area contributed by atoms with Gasteiger partial charge in [-0.05, 0) is 43.2 Å². The Morgan fingerprint density at radius 3 is 2.64 bits per heavy atom. The van der Waals surface area contributed by atoms with Crippen LogP contribution in [0.5, 0.6) is 0 Å². The number of aromatic nitrogens is 1. The van der Waals surface area contributed by atoms with Gasteiger partial charge in [0, 0.05) is 39.7 Å². The summed E-state index contributed by atoms with van der Waals surface area (Å²) in [6.45, 7) is 4.63. The fraction of sp³-hybridized carbons (Fsp3) is 0.217. The molecule has 3 rings (SSSR count). The van der Waals surface area contributed by atoms with Gasteiger partial charge in [-0.3, -0.25) is 4.79 Å². The molecule has 0 aliphatic heterocycles. The number of hydrogen-bond donors (Lipinski definition) is 1. The minimum atomic E-state index is -0.332. The molecule has 1 N–H and O–H groups in total. The third kappa shape index (κ3) is 4.52. The molecule has 1 heterocycles. The number of halogens is 1. The Morgan fingerprint density at radius 2 is 1.96 bits per heavy atom. The van der Waals surface area contributed by atoms with Crippen LogP contribution in [0, 0.1) is 11.3 Å². The number of fused-ring (bicyclic) bond motifs is 1. The van der Waals surface area contributed by atoms with Gasteiger partial charge in [0.1, 0.15) is 11.6 Å².